The van der Waals surface area contributed by atoms with E-state index in [9.17, 15) is 5.11 Å². The van der Waals surface area contributed by atoms with Crippen LogP contribution < -0.4 is 0 Å². The highest BCUT2D eigenvalue weighted by Crippen LogP contribution is 2.39. The van der Waals surface area contributed by atoms with E-state index in [0.29, 0.717) is 5.92 Å². The quantitative estimate of drug-likeness (QED) is 0.589. The van der Waals surface area contributed by atoms with Crippen LogP contribution in [0.4, 0.5) is 0 Å². The molecule has 1 N–H and O–H groups in total. The highest BCUT2D eigenvalue weighted by atomic mass is 16.3. The molecule has 0 amide bonds. The molecule has 2 fully saturated rings. The average Bonchev–Trinajstić information content (AvgIpc) is 2.29. The van der Waals surface area contributed by atoms with Crippen LogP contribution in [0, 0.1) is 11.8 Å². The van der Waals surface area contributed by atoms with Crippen LogP contribution in [0.3, 0.4) is 0 Å². The van der Waals surface area contributed by atoms with E-state index in [4.69, 9.17) is 0 Å². The minimum absolute atomic E-state index is 0.0396. The minimum atomic E-state index is 0.0396. The Bertz CT molecular complexity index is 144. The maximum Gasteiger partial charge on any atom is 0.0571 e. The van der Waals surface area contributed by atoms with E-state index >= 15 is 0 Å². The van der Waals surface area contributed by atoms with Gasteiger partial charge in [-0.3, -0.25) is 0 Å². The second kappa shape index (κ2) is 3.78. The molecule has 2 aliphatic rings. The van der Waals surface area contributed by atoms with Gasteiger partial charge in [0.2, 0.25) is 0 Å². The van der Waals surface area contributed by atoms with E-state index in [-0.39, 0.29) is 6.10 Å². The summed E-state index contributed by atoms with van der Waals surface area (Å²) in [6.07, 6.45) is 10.6. The average molecular weight is 168 g/mol. The number of aliphatic hydroxyl groups excluding tert-OH is 1. The van der Waals surface area contributed by atoms with Gasteiger partial charge in [-0.05, 0) is 24.7 Å². The Hall–Kier alpha value is -0.0400. The predicted octanol–water partition coefficient (Wildman–Crippen LogP) is 2.73. The van der Waals surface area contributed by atoms with Gasteiger partial charge in [0.05, 0.1) is 6.10 Å². The van der Waals surface area contributed by atoms with Crippen molar-refractivity contribution >= 4 is 0 Å². The van der Waals surface area contributed by atoms with Gasteiger partial charge in [0, 0.05) is 0 Å². The van der Waals surface area contributed by atoms with Crippen LogP contribution in [-0.2, 0) is 0 Å². The lowest BCUT2D eigenvalue weighted by Gasteiger charge is -2.32. The van der Waals surface area contributed by atoms with Gasteiger partial charge in [-0.15, -0.1) is 0 Å². The van der Waals surface area contributed by atoms with Gasteiger partial charge < -0.3 is 5.11 Å². The lowest BCUT2D eigenvalue weighted by Crippen LogP contribution is -2.28. The van der Waals surface area contributed by atoms with Crippen LogP contribution in [0.25, 0.3) is 0 Å². The first-order valence-electron chi connectivity index (χ1n) is 5.56. The summed E-state index contributed by atoms with van der Waals surface area (Å²) < 4.78 is 0. The van der Waals surface area contributed by atoms with Crippen molar-refractivity contribution in [2.24, 2.45) is 11.8 Å². The van der Waals surface area contributed by atoms with E-state index < -0.39 is 0 Å². The third-order valence-corrected chi connectivity index (χ3v) is 3.79. The zero-order chi connectivity index (χ0) is 8.39. The Morgan fingerprint density at radius 2 is 1.33 bits per heavy atom. The second-order valence-corrected chi connectivity index (χ2v) is 4.56. The number of fused-ring (bicyclic) bond motifs is 1. The predicted molar refractivity (Wildman–Crippen MR) is 49.9 cm³/mol. The molecule has 1 nitrogen and oxygen atoms in total. The van der Waals surface area contributed by atoms with Crippen LogP contribution in [0.15, 0.2) is 0 Å². The topological polar surface area (TPSA) is 20.2 Å². The summed E-state index contributed by atoms with van der Waals surface area (Å²) in [5, 5.41) is 9.88. The van der Waals surface area contributed by atoms with Gasteiger partial charge in [-0.2, -0.15) is 0 Å². The molecule has 2 saturated carbocycles. The fraction of sp³-hybridized carbons (Fsp3) is 1.00. The van der Waals surface area contributed by atoms with E-state index in [1.807, 2.05) is 0 Å². The monoisotopic (exact) mass is 168 g/mol. The summed E-state index contributed by atoms with van der Waals surface area (Å²) in [5.74, 6) is 1.54. The third kappa shape index (κ3) is 1.66. The van der Waals surface area contributed by atoms with Crippen molar-refractivity contribution in [3.63, 3.8) is 0 Å². The summed E-state index contributed by atoms with van der Waals surface area (Å²) >= 11 is 0. The van der Waals surface area contributed by atoms with Crippen molar-refractivity contribution in [2.45, 2.75) is 57.5 Å². The van der Waals surface area contributed by atoms with Crippen molar-refractivity contribution < 1.29 is 5.11 Å². The number of aliphatic hydroxyl groups is 1. The Morgan fingerprint density at radius 1 is 0.750 bits per heavy atom. The first kappa shape index (κ1) is 8.55. The second-order valence-electron chi connectivity index (χ2n) is 4.56. The summed E-state index contributed by atoms with van der Waals surface area (Å²) in [7, 11) is 0. The normalized spacial score (nSPS) is 43.2. The smallest absolute Gasteiger partial charge is 0.0571 e. The van der Waals surface area contributed by atoms with E-state index in [0.717, 1.165) is 12.3 Å². The largest absolute Gasteiger partial charge is 0.393 e. The van der Waals surface area contributed by atoms with Gasteiger partial charge >= 0.3 is 0 Å². The molecule has 0 aromatic heterocycles. The standard InChI is InChI=1S/C11H20O/c12-11-8-4-2-6-9-5-1-3-7-10(9)11/h9-12H,1-8H2/t9?,10-,11?/m1/s1. The maximum atomic E-state index is 9.88. The minimum Gasteiger partial charge on any atom is -0.393 e. The molecular formula is C11H20O. The SMILES string of the molecule is OC1CCCCC2CCCC[C@@H]12. The van der Waals surface area contributed by atoms with Gasteiger partial charge in [-0.1, -0.05) is 38.5 Å². The Labute approximate surface area is 75.2 Å². The molecule has 0 spiro atoms. The molecule has 0 aromatic rings. The molecule has 3 atom stereocenters. The van der Waals surface area contributed by atoms with Crippen LogP contribution in [0.2, 0.25) is 0 Å². The van der Waals surface area contributed by atoms with Crippen molar-refractivity contribution in [3.05, 3.63) is 0 Å². The summed E-state index contributed by atoms with van der Waals surface area (Å²) in [6.45, 7) is 0. The van der Waals surface area contributed by atoms with Gasteiger partial charge in [-0.25, -0.2) is 0 Å². The number of hydrogen-bond donors (Lipinski definition) is 1. The van der Waals surface area contributed by atoms with Gasteiger partial charge in [0.25, 0.3) is 0 Å². The molecule has 0 saturated heterocycles. The lowest BCUT2D eigenvalue weighted by atomic mass is 9.75. The van der Waals surface area contributed by atoms with Crippen molar-refractivity contribution in [2.75, 3.05) is 0 Å². The molecule has 0 aromatic carbocycles. The van der Waals surface area contributed by atoms with Crippen molar-refractivity contribution in [1.82, 2.24) is 0 Å². The molecule has 2 unspecified atom stereocenters. The highest BCUT2D eigenvalue weighted by molar-refractivity contribution is 4.83. The molecule has 2 rings (SSSR count). The summed E-state index contributed by atoms with van der Waals surface area (Å²) in [5.41, 5.74) is 0. The molecule has 1 heteroatoms. The van der Waals surface area contributed by atoms with Crippen LogP contribution in [0.1, 0.15) is 51.4 Å². The van der Waals surface area contributed by atoms with Crippen molar-refractivity contribution in [3.8, 4) is 0 Å². The summed E-state index contributed by atoms with van der Waals surface area (Å²) in [4.78, 5) is 0. The van der Waals surface area contributed by atoms with E-state index in [1.165, 1.54) is 44.9 Å². The Morgan fingerprint density at radius 3 is 2.08 bits per heavy atom. The zero-order valence-electron chi connectivity index (χ0n) is 7.84. The number of rotatable bonds is 0. The first-order valence-corrected chi connectivity index (χ1v) is 5.56. The Balaban J connectivity index is 2.01. The van der Waals surface area contributed by atoms with Gasteiger partial charge in [0.1, 0.15) is 0 Å². The van der Waals surface area contributed by atoms with Crippen LogP contribution in [-0.4, -0.2) is 11.2 Å². The van der Waals surface area contributed by atoms with Gasteiger partial charge in [0.15, 0.2) is 0 Å². The molecule has 2 aliphatic carbocycles. The molecule has 0 radical (unpaired) electrons. The zero-order valence-corrected chi connectivity index (χ0v) is 7.84. The van der Waals surface area contributed by atoms with E-state index in [2.05, 4.69) is 0 Å². The first-order chi connectivity index (χ1) is 5.88. The lowest BCUT2D eigenvalue weighted by molar-refractivity contribution is 0.0504. The fourth-order valence-corrected chi connectivity index (χ4v) is 3.08. The van der Waals surface area contributed by atoms with E-state index in [1.54, 1.807) is 0 Å². The van der Waals surface area contributed by atoms with Crippen molar-refractivity contribution in [1.29, 1.82) is 0 Å². The molecule has 70 valence electrons. The highest BCUT2D eigenvalue weighted by Gasteiger charge is 2.31. The maximum absolute atomic E-state index is 9.88. The molecule has 12 heavy (non-hydrogen) atoms. The van der Waals surface area contributed by atoms with Crippen LogP contribution in [0.5, 0.6) is 0 Å². The molecular weight excluding hydrogens is 148 g/mol. The summed E-state index contributed by atoms with van der Waals surface area (Å²) in [6, 6.07) is 0. The third-order valence-electron chi connectivity index (χ3n) is 3.79. The molecule has 0 bridgehead atoms. The molecule has 0 heterocycles. The molecule has 0 aliphatic heterocycles. The van der Waals surface area contributed by atoms with Crippen LogP contribution >= 0.6 is 0 Å². The Kier molecular flexibility index (Phi) is 2.69. The number of hydrogen-bond acceptors (Lipinski definition) is 1. The fourth-order valence-electron chi connectivity index (χ4n) is 3.08.